The molecule has 0 atom stereocenters. The third-order valence-corrected chi connectivity index (χ3v) is 4.61. The summed E-state index contributed by atoms with van der Waals surface area (Å²) in [5.74, 6) is 1.01. The molecule has 0 unspecified atom stereocenters. The predicted octanol–water partition coefficient (Wildman–Crippen LogP) is 4.11. The van der Waals surface area contributed by atoms with Crippen molar-refractivity contribution in [2.45, 2.75) is 19.9 Å². The van der Waals surface area contributed by atoms with Gasteiger partial charge in [-0.05, 0) is 37.1 Å². The monoisotopic (exact) mass is 304 g/mol. The molecule has 0 spiro atoms. The van der Waals surface area contributed by atoms with Crippen molar-refractivity contribution in [3.63, 3.8) is 0 Å². The summed E-state index contributed by atoms with van der Waals surface area (Å²) in [5, 5.41) is 1.23. The summed E-state index contributed by atoms with van der Waals surface area (Å²) in [4.78, 5) is 7.11. The molecule has 0 aliphatic carbocycles. The van der Waals surface area contributed by atoms with E-state index in [2.05, 4.69) is 65.3 Å². The number of anilines is 1. The van der Waals surface area contributed by atoms with Crippen LogP contribution in [0.1, 0.15) is 16.8 Å². The Balaban J connectivity index is 1.78. The highest BCUT2D eigenvalue weighted by Gasteiger charge is 2.21. The molecule has 3 aromatic rings. The zero-order valence-corrected chi connectivity index (χ0v) is 13.5. The molecule has 23 heavy (non-hydrogen) atoms. The van der Waals surface area contributed by atoms with Crippen LogP contribution in [-0.4, -0.2) is 18.6 Å². The van der Waals surface area contributed by atoms with Gasteiger partial charge in [-0.15, -0.1) is 0 Å². The zero-order valence-electron chi connectivity index (χ0n) is 13.5. The quantitative estimate of drug-likeness (QED) is 0.712. The van der Waals surface area contributed by atoms with E-state index in [1.807, 2.05) is 0 Å². The fourth-order valence-electron chi connectivity index (χ4n) is 3.52. The predicted molar refractivity (Wildman–Crippen MR) is 94.2 cm³/mol. The Labute approximate surface area is 136 Å². The number of para-hydroxylation sites is 1. The lowest BCUT2D eigenvalue weighted by Crippen LogP contribution is -2.30. The van der Waals surface area contributed by atoms with Gasteiger partial charge in [-0.3, -0.25) is 4.98 Å². The van der Waals surface area contributed by atoms with Crippen molar-refractivity contribution in [2.24, 2.45) is 0 Å². The van der Waals surface area contributed by atoms with Gasteiger partial charge in [0, 0.05) is 35.4 Å². The van der Waals surface area contributed by atoms with E-state index in [1.165, 1.54) is 22.2 Å². The average Bonchev–Trinajstić information content (AvgIpc) is 2.60. The van der Waals surface area contributed by atoms with Gasteiger partial charge in [0.15, 0.2) is 0 Å². The minimum Gasteiger partial charge on any atom is -0.496 e. The van der Waals surface area contributed by atoms with Crippen LogP contribution in [0.5, 0.6) is 5.75 Å². The molecule has 2 heterocycles. The van der Waals surface area contributed by atoms with Crippen molar-refractivity contribution in [1.82, 2.24) is 4.98 Å². The summed E-state index contributed by atoms with van der Waals surface area (Å²) in [6.45, 7) is 3.98. The summed E-state index contributed by atoms with van der Waals surface area (Å²) >= 11 is 0. The van der Waals surface area contributed by atoms with Crippen LogP contribution in [0.4, 0.5) is 5.69 Å². The number of aryl methyl sites for hydroxylation is 1. The number of nitrogens with zero attached hydrogens (tertiary/aromatic N) is 2. The SMILES string of the molecule is COc1cccc2c1CCN(c1cc(C)nc3ccccc13)C2. The van der Waals surface area contributed by atoms with Crippen molar-refractivity contribution in [1.29, 1.82) is 0 Å². The third-order valence-electron chi connectivity index (χ3n) is 4.61. The second-order valence-corrected chi connectivity index (χ2v) is 6.07. The number of pyridine rings is 1. The van der Waals surface area contributed by atoms with Crippen molar-refractivity contribution in [3.8, 4) is 5.75 Å². The number of hydrogen-bond donors (Lipinski definition) is 0. The largest absolute Gasteiger partial charge is 0.496 e. The third kappa shape index (κ3) is 2.42. The smallest absolute Gasteiger partial charge is 0.122 e. The molecule has 0 saturated carbocycles. The molecule has 1 aliphatic heterocycles. The van der Waals surface area contributed by atoms with Crippen LogP contribution in [0.25, 0.3) is 10.9 Å². The lowest BCUT2D eigenvalue weighted by Gasteiger charge is -2.32. The summed E-state index contributed by atoms with van der Waals surface area (Å²) in [7, 11) is 1.75. The maximum absolute atomic E-state index is 5.51. The fraction of sp³-hybridized carbons (Fsp3) is 0.250. The fourth-order valence-corrected chi connectivity index (χ4v) is 3.52. The van der Waals surface area contributed by atoms with Crippen molar-refractivity contribution in [2.75, 3.05) is 18.6 Å². The van der Waals surface area contributed by atoms with Crippen LogP contribution in [-0.2, 0) is 13.0 Å². The first-order valence-corrected chi connectivity index (χ1v) is 8.02. The second-order valence-electron chi connectivity index (χ2n) is 6.07. The Bertz CT molecular complexity index is 873. The molecule has 116 valence electrons. The highest BCUT2D eigenvalue weighted by Crippen LogP contribution is 2.33. The highest BCUT2D eigenvalue weighted by molar-refractivity contribution is 5.92. The van der Waals surface area contributed by atoms with Crippen LogP contribution in [0, 0.1) is 6.92 Å². The zero-order chi connectivity index (χ0) is 15.8. The van der Waals surface area contributed by atoms with Gasteiger partial charge in [0.1, 0.15) is 5.75 Å². The number of benzene rings is 2. The van der Waals surface area contributed by atoms with E-state index in [0.29, 0.717) is 0 Å². The average molecular weight is 304 g/mol. The van der Waals surface area contributed by atoms with Gasteiger partial charge >= 0.3 is 0 Å². The number of aromatic nitrogens is 1. The van der Waals surface area contributed by atoms with Crippen LogP contribution >= 0.6 is 0 Å². The van der Waals surface area contributed by atoms with E-state index < -0.39 is 0 Å². The molecule has 0 bridgehead atoms. The van der Waals surface area contributed by atoms with Crippen molar-refractivity contribution in [3.05, 3.63) is 65.4 Å². The van der Waals surface area contributed by atoms with Gasteiger partial charge in [0.05, 0.1) is 12.6 Å². The van der Waals surface area contributed by atoms with Crippen LogP contribution in [0.3, 0.4) is 0 Å². The Morgan fingerprint density at radius 1 is 1.09 bits per heavy atom. The van der Waals surface area contributed by atoms with Gasteiger partial charge in [-0.1, -0.05) is 30.3 Å². The first-order chi connectivity index (χ1) is 11.3. The normalized spacial score (nSPS) is 13.9. The second kappa shape index (κ2) is 5.58. The van der Waals surface area contributed by atoms with Gasteiger partial charge in [0.25, 0.3) is 0 Å². The molecule has 3 heteroatoms. The minimum absolute atomic E-state index is 0.917. The molecule has 4 rings (SSSR count). The molecule has 1 aromatic heterocycles. The van der Waals surface area contributed by atoms with E-state index in [1.54, 1.807) is 7.11 Å². The molecular weight excluding hydrogens is 284 g/mol. The van der Waals surface area contributed by atoms with E-state index >= 15 is 0 Å². The summed E-state index contributed by atoms with van der Waals surface area (Å²) in [6.07, 6.45) is 1.01. The summed E-state index contributed by atoms with van der Waals surface area (Å²) < 4.78 is 5.51. The molecule has 0 saturated heterocycles. The standard InChI is InChI=1S/C20H20N2O/c1-14-12-19(17-7-3-4-8-18(17)21-14)22-11-10-16-15(13-22)6-5-9-20(16)23-2/h3-9,12H,10-11,13H2,1-2H3. The van der Waals surface area contributed by atoms with Gasteiger partial charge in [-0.2, -0.15) is 0 Å². The Hall–Kier alpha value is -2.55. The van der Waals surface area contributed by atoms with Crippen LogP contribution in [0.2, 0.25) is 0 Å². The van der Waals surface area contributed by atoms with E-state index in [0.717, 1.165) is 36.5 Å². The molecule has 0 amide bonds. The lowest BCUT2D eigenvalue weighted by molar-refractivity contribution is 0.407. The van der Waals surface area contributed by atoms with Crippen LogP contribution < -0.4 is 9.64 Å². The molecule has 3 nitrogen and oxygen atoms in total. The molecular formula is C20H20N2O. The number of ether oxygens (including phenoxy) is 1. The number of methoxy groups -OCH3 is 1. The Morgan fingerprint density at radius 3 is 2.83 bits per heavy atom. The first kappa shape index (κ1) is 14.1. The van der Waals surface area contributed by atoms with Gasteiger partial charge in [-0.25, -0.2) is 0 Å². The molecule has 2 aromatic carbocycles. The van der Waals surface area contributed by atoms with Crippen molar-refractivity contribution >= 4 is 16.6 Å². The number of hydrogen-bond acceptors (Lipinski definition) is 3. The molecule has 0 radical (unpaired) electrons. The van der Waals surface area contributed by atoms with E-state index in [9.17, 15) is 0 Å². The maximum atomic E-state index is 5.51. The molecule has 1 aliphatic rings. The number of fused-ring (bicyclic) bond motifs is 2. The topological polar surface area (TPSA) is 25.4 Å². The summed E-state index contributed by atoms with van der Waals surface area (Å²) in [5.41, 5.74) is 6.12. The minimum atomic E-state index is 0.917. The first-order valence-electron chi connectivity index (χ1n) is 8.02. The van der Waals surface area contributed by atoms with E-state index in [4.69, 9.17) is 4.74 Å². The van der Waals surface area contributed by atoms with Gasteiger partial charge < -0.3 is 9.64 Å². The van der Waals surface area contributed by atoms with E-state index in [-0.39, 0.29) is 0 Å². The highest BCUT2D eigenvalue weighted by atomic mass is 16.5. The molecule has 0 fully saturated rings. The van der Waals surface area contributed by atoms with Gasteiger partial charge in [0.2, 0.25) is 0 Å². The maximum Gasteiger partial charge on any atom is 0.122 e. The number of rotatable bonds is 2. The summed E-state index contributed by atoms with van der Waals surface area (Å²) in [6, 6.07) is 16.9. The van der Waals surface area contributed by atoms with Crippen molar-refractivity contribution < 1.29 is 4.74 Å². The van der Waals surface area contributed by atoms with Crippen LogP contribution in [0.15, 0.2) is 48.5 Å². The molecule has 0 N–H and O–H groups in total. The Morgan fingerprint density at radius 2 is 1.96 bits per heavy atom. The lowest BCUT2D eigenvalue weighted by atomic mass is 9.97. The Kier molecular flexibility index (Phi) is 3.41.